The Morgan fingerprint density at radius 2 is 1.29 bits per heavy atom. The van der Waals surface area contributed by atoms with Gasteiger partial charge < -0.3 is 29.8 Å². The fourth-order valence-corrected chi connectivity index (χ4v) is 2.39. The molecule has 0 aliphatic rings. The van der Waals surface area contributed by atoms with Crippen LogP contribution < -0.4 is 0 Å². The molecule has 0 atom stereocenters. The standard InChI is InChI=1S/2C9H12Cl.Fe/c2*10-8-4-3-7-9-5-1-2-6-9;/h2*1-2,5-6H,3-4,7-8H2;/q-5;-1;. The quantitative estimate of drug-likeness (QED) is 0.235. The van der Waals surface area contributed by atoms with E-state index in [2.05, 4.69) is 48.5 Å². The van der Waals surface area contributed by atoms with Crippen LogP contribution in [0.1, 0.15) is 36.8 Å². The smallest absolute Gasteiger partial charge is 0.0223 e. The summed E-state index contributed by atoms with van der Waals surface area (Å²) in [7, 11) is 0. The van der Waals surface area contributed by atoms with Crippen molar-refractivity contribution >= 4 is 23.2 Å². The van der Waals surface area contributed by atoms with E-state index >= 15 is 0 Å². The van der Waals surface area contributed by atoms with Crippen LogP contribution in [0.3, 0.4) is 0 Å². The minimum absolute atomic E-state index is 0. The van der Waals surface area contributed by atoms with E-state index in [1.807, 2.05) is 0 Å². The second-order valence-electron chi connectivity index (χ2n) is 4.88. The molecule has 2 rings (SSSR count). The molecule has 0 radical (unpaired) electrons. The van der Waals surface area contributed by atoms with E-state index in [1.165, 1.54) is 36.8 Å². The van der Waals surface area contributed by atoms with Crippen molar-refractivity contribution in [1.82, 2.24) is 0 Å². The van der Waals surface area contributed by atoms with Crippen LogP contribution in [0, 0.1) is 0 Å². The molecule has 0 spiro atoms. The number of unbranched alkanes of at least 4 members (excludes halogenated alkanes) is 2. The number of aryl methyl sites for hydroxylation is 2. The van der Waals surface area contributed by atoms with E-state index in [0.29, 0.717) is 0 Å². The summed E-state index contributed by atoms with van der Waals surface area (Å²) in [6.07, 6.45) is 7.06. The average Bonchev–Trinajstić information content (AvgIpc) is 3.13. The molecule has 3 heteroatoms. The largest absolute Gasteiger partial charge is 0.748 e. The van der Waals surface area contributed by atoms with E-state index < -0.39 is 0 Å². The Kier molecular flexibility index (Phi) is 14.6. The minimum Gasteiger partial charge on any atom is -0.748 e. The second-order valence-corrected chi connectivity index (χ2v) is 5.63. The molecule has 0 heterocycles. The molecular weight excluding hydrogens is 343 g/mol. The summed E-state index contributed by atoms with van der Waals surface area (Å²) in [6.45, 7) is 0. The minimum atomic E-state index is 0. The first-order valence-corrected chi connectivity index (χ1v) is 8.47. The number of halogens is 2. The number of hydrogen-bond acceptors (Lipinski definition) is 0. The zero-order valence-electron chi connectivity index (χ0n) is 12.4. The second kappa shape index (κ2) is 14.7. The van der Waals surface area contributed by atoms with Crippen molar-refractivity contribution in [2.24, 2.45) is 0 Å². The molecule has 2 aromatic rings. The Morgan fingerprint density at radius 3 is 1.81 bits per heavy atom. The molecule has 0 bridgehead atoms. The van der Waals surface area contributed by atoms with Crippen molar-refractivity contribution < 1.29 is 17.1 Å². The summed E-state index contributed by atoms with van der Waals surface area (Å²) in [5, 5.41) is 0. The van der Waals surface area contributed by atoms with E-state index in [-0.39, 0.29) is 17.1 Å². The summed E-state index contributed by atoms with van der Waals surface area (Å²) in [5.74, 6) is 1.58. The predicted octanol–water partition coefficient (Wildman–Crippen LogP) is 5.93. The maximum absolute atomic E-state index is 5.54. The summed E-state index contributed by atoms with van der Waals surface area (Å²) in [4.78, 5) is 0. The maximum atomic E-state index is 5.54. The fraction of sp³-hybridized carbons (Fsp3) is 0.444. The van der Waals surface area contributed by atoms with Gasteiger partial charge >= 0.3 is 0 Å². The van der Waals surface area contributed by atoms with Gasteiger partial charge in [0.15, 0.2) is 0 Å². The van der Waals surface area contributed by atoms with Crippen LogP contribution >= 0.6 is 23.2 Å². The zero-order chi connectivity index (χ0) is 14.5. The van der Waals surface area contributed by atoms with Gasteiger partial charge in [0.2, 0.25) is 0 Å². The normalized spacial score (nSPS) is 9.62. The molecule has 21 heavy (non-hydrogen) atoms. The van der Waals surface area contributed by atoms with Crippen LogP contribution in [0.2, 0.25) is 0 Å². The number of hydrogen-bond donors (Lipinski definition) is 0. The van der Waals surface area contributed by atoms with Gasteiger partial charge in [-0.25, -0.2) is 18.6 Å². The monoisotopic (exact) mass is 366 g/mol. The summed E-state index contributed by atoms with van der Waals surface area (Å²) >= 11 is 11.1. The molecule has 0 aliphatic carbocycles. The van der Waals surface area contributed by atoms with Gasteiger partial charge in [0.1, 0.15) is 0 Å². The molecule has 0 fully saturated rings. The average molecular weight is 367 g/mol. The maximum Gasteiger partial charge on any atom is 0.0223 e. The van der Waals surface area contributed by atoms with Crippen LogP contribution in [-0.4, -0.2) is 11.8 Å². The Bertz CT molecular complexity index is 353. The third kappa shape index (κ3) is 11.1. The van der Waals surface area contributed by atoms with Crippen molar-refractivity contribution in [2.45, 2.75) is 38.5 Å². The molecule has 0 unspecified atom stereocenters. The van der Waals surface area contributed by atoms with Crippen LogP contribution in [0.4, 0.5) is 0 Å². The molecule has 0 saturated heterocycles. The van der Waals surface area contributed by atoms with Gasteiger partial charge in [-0.15, -0.1) is 23.2 Å². The number of alkyl halides is 2. The van der Waals surface area contributed by atoms with Crippen LogP contribution in [0.5, 0.6) is 0 Å². The predicted molar refractivity (Wildman–Crippen MR) is 91.4 cm³/mol. The zero-order valence-corrected chi connectivity index (χ0v) is 15.0. The summed E-state index contributed by atoms with van der Waals surface area (Å²) in [6, 6.07) is 17.0. The fourth-order valence-electron chi connectivity index (χ4n) is 2.01. The molecule has 0 N–H and O–H groups in total. The van der Waals surface area contributed by atoms with Crippen molar-refractivity contribution in [3.8, 4) is 0 Å². The molecular formula is C18H24Cl2Fe-6. The van der Waals surface area contributed by atoms with Gasteiger partial charge in [0.05, 0.1) is 0 Å². The van der Waals surface area contributed by atoms with Crippen molar-refractivity contribution in [3.63, 3.8) is 0 Å². The molecule has 0 aromatic heterocycles. The molecule has 0 nitrogen and oxygen atoms in total. The van der Waals surface area contributed by atoms with E-state index in [0.717, 1.165) is 24.6 Å². The Balaban J connectivity index is 0.000000364. The van der Waals surface area contributed by atoms with Gasteiger partial charge in [-0.2, -0.15) is 17.7 Å². The van der Waals surface area contributed by atoms with Crippen molar-refractivity contribution in [1.29, 1.82) is 0 Å². The van der Waals surface area contributed by atoms with Crippen LogP contribution in [-0.2, 0) is 29.9 Å². The Morgan fingerprint density at radius 1 is 0.762 bits per heavy atom. The van der Waals surface area contributed by atoms with E-state index in [1.54, 1.807) is 0 Å². The summed E-state index contributed by atoms with van der Waals surface area (Å²) < 4.78 is 0. The van der Waals surface area contributed by atoms with Crippen LogP contribution in [0.15, 0.2) is 48.5 Å². The van der Waals surface area contributed by atoms with E-state index in [4.69, 9.17) is 23.2 Å². The molecule has 0 saturated carbocycles. The van der Waals surface area contributed by atoms with Crippen molar-refractivity contribution in [2.75, 3.05) is 11.8 Å². The number of rotatable bonds is 8. The molecule has 0 amide bonds. The molecule has 2 aromatic carbocycles. The van der Waals surface area contributed by atoms with E-state index in [9.17, 15) is 0 Å². The molecule has 124 valence electrons. The third-order valence-electron chi connectivity index (χ3n) is 3.16. The Labute approximate surface area is 150 Å². The SMILES string of the molecule is ClCCCC[c-]1[cH-][cH-][cH-][cH-]1.ClCCCC[c-]1cccc1.[Fe]. The summed E-state index contributed by atoms with van der Waals surface area (Å²) in [5.41, 5.74) is 2.87. The Hall–Kier alpha value is -0.201. The third-order valence-corrected chi connectivity index (χ3v) is 3.70. The van der Waals surface area contributed by atoms with Gasteiger partial charge in [0, 0.05) is 28.8 Å². The first-order chi connectivity index (χ1) is 9.86. The van der Waals surface area contributed by atoms with Crippen LogP contribution in [0.25, 0.3) is 0 Å². The van der Waals surface area contributed by atoms with Gasteiger partial charge in [0.25, 0.3) is 0 Å². The molecule has 0 aliphatic heterocycles. The first-order valence-electron chi connectivity index (χ1n) is 7.40. The first kappa shape index (κ1) is 20.8. The topological polar surface area (TPSA) is 0 Å². The van der Waals surface area contributed by atoms with Gasteiger partial charge in [-0.05, 0) is 12.8 Å². The van der Waals surface area contributed by atoms with Gasteiger partial charge in [-0.3, -0.25) is 0 Å². The van der Waals surface area contributed by atoms with Gasteiger partial charge in [-0.1, -0.05) is 19.3 Å². The van der Waals surface area contributed by atoms with Crippen molar-refractivity contribution in [3.05, 3.63) is 59.7 Å².